The van der Waals surface area contributed by atoms with Crippen LogP contribution in [0.2, 0.25) is 0 Å². The molecule has 0 atom stereocenters. The molecule has 0 rings (SSSR count). The number of hydrogen-bond donors (Lipinski definition) is 0. The van der Waals surface area contributed by atoms with Crippen molar-refractivity contribution in [3.05, 3.63) is 0 Å². The Balaban J connectivity index is 0. The molecule has 520 valence electrons. The van der Waals surface area contributed by atoms with Crippen LogP contribution in [0.1, 0.15) is 0 Å². The van der Waals surface area contributed by atoms with Crippen LogP contribution in [-0.2, 0) is 356 Å². The summed E-state index contributed by atoms with van der Waals surface area (Å²) in [5.74, 6) is 0. The van der Waals surface area contributed by atoms with Gasteiger partial charge in [0.2, 0.25) is 0 Å². The van der Waals surface area contributed by atoms with Crippen molar-refractivity contribution in [2.24, 2.45) is 0 Å². The van der Waals surface area contributed by atoms with Gasteiger partial charge in [-0.05, 0) is 0 Å². The molecule has 0 unspecified atom stereocenters. The molecule has 0 heterocycles. The summed E-state index contributed by atoms with van der Waals surface area (Å²) in [6.45, 7) is 0. The first-order valence-electron chi connectivity index (χ1n) is 0. The maximum Gasteiger partial charge on any atom is 3.00 e. The molecular formula is Al60O65+50. The fourth-order valence-corrected chi connectivity index (χ4v) is 0. The third-order valence-corrected chi connectivity index (χ3v) is 0. The maximum absolute atomic E-state index is 0. The van der Waals surface area contributed by atoms with E-state index in [1.807, 2.05) is 0 Å². The quantitative estimate of drug-likeness (QED) is 0.204. The van der Waals surface area contributed by atoms with Crippen molar-refractivity contribution in [3.8, 4) is 0 Å². The van der Waals surface area contributed by atoms with Crippen molar-refractivity contribution in [1.29, 1.82) is 0 Å². The minimum atomic E-state index is 0. The second-order valence-electron chi connectivity index (χ2n) is 0. The summed E-state index contributed by atoms with van der Waals surface area (Å²) in [6, 6.07) is 0. The van der Waals surface area contributed by atoms with E-state index in [4.69, 9.17) is 0 Å². The zero-order valence-corrected chi connectivity index (χ0v) is 130. The van der Waals surface area contributed by atoms with Gasteiger partial charge < -0.3 is 356 Å². The van der Waals surface area contributed by atoms with Crippen LogP contribution in [0, 0.1) is 0 Å². The van der Waals surface area contributed by atoms with Crippen LogP contribution in [0.3, 0.4) is 0 Å². The van der Waals surface area contributed by atoms with Gasteiger partial charge in [0.1, 0.15) is 0 Å². The van der Waals surface area contributed by atoms with Crippen molar-refractivity contribution >= 4 is 1040 Å². The Morgan fingerprint density at radius 2 is 0.0160 bits per heavy atom. The Hall–Kier alpha value is 29.3. The second kappa shape index (κ2) is 4130. The van der Waals surface area contributed by atoms with Crippen molar-refractivity contribution in [1.82, 2.24) is 0 Å². The molecule has 125 heavy (non-hydrogen) atoms. The summed E-state index contributed by atoms with van der Waals surface area (Å²) in [6.07, 6.45) is 0. The predicted molar refractivity (Wildman–Crippen MR) is 390 cm³/mol. The average molecular weight is 2660 g/mol. The monoisotopic (exact) mass is 2660 g/mol. The molecule has 0 aliphatic heterocycles. The van der Waals surface area contributed by atoms with E-state index in [2.05, 4.69) is 0 Å². The van der Waals surface area contributed by atoms with E-state index in [0.717, 1.165) is 0 Å². The zero-order chi connectivity index (χ0) is 0. The molecule has 0 aromatic rings. The molecule has 0 fully saturated rings. The summed E-state index contributed by atoms with van der Waals surface area (Å²) < 4.78 is 0. The van der Waals surface area contributed by atoms with Gasteiger partial charge in [0, 0.05) is 0 Å². The van der Waals surface area contributed by atoms with Crippen molar-refractivity contribution < 1.29 is 356 Å². The van der Waals surface area contributed by atoms with E-state index < -0.39 is 0 Å². The van der Waals surface area contributed by atoms with Crippen molar-refractivity contribution in [2.45, 2.75) is 0 Å². The van der Waals surface area contributed by atoms with Crippen LogP contribution < -0.4 is 0 Å². The largest absolute Gasteiger partial charge is 3.00 e. The van der Waals surface area contributed by atoms with Crippen LogP contribution in [-0.4, -0.2) is 1040 Å². The molecule has 0 amide bonds. The molecule has 0 aliphatic rings. The van der Waals surface area contributed by atoms with Crippen LogP contribution in [0.5, 0.6) is 0 Å². The summed E-state index contributed by atoms with van der Waals surface area (Å²) in [5.41, 5.74) is 0. The van der Waals surface area contributed by atoms with Crippen LogP contribution in [0.4, 0.5) is 0 Å². The summed E-state index contributed by atoms with van der Waals surface area (Å²) in [5, 5.41) is 0. The normalized spacial score (nSPS) is 0. The Labute approximate surface area is 1370 Å². The topological polar surface area (TPSA) is 1850 Å². The summed E-state index contributed by atoms with van der Waals surface area (Å²) in [7, 11) is 0. The maximum atomic E-state index is 0. The van der Waals surface area contributed by atoms with Gasteiger partial charge in [0.05, 0.1) is 0 Å². The second-order valence-corrected chi connectivity index (χ2v) is 0. The standard InChI is InChI=1S/60Al.65O/q60*+3;65*-2. The van der Waals surface area contributed by atoms with Crippen LogP contribution in [0.15, 0.2) is 0 Å². The molecule has 0 aromatic carbocycles. The molecule has 125 heteroatoms. The Kier molecular flexibility index (Phi) is 139000. The molecule has 0 N–H and O–H groups in total. The third kappa shape index (κ3) is 4080. The van der Waals surface area contributed by atoms with Crippen LogP contribution in [0.25, 0.3) is 0 Å². The third-order valence-electron chi connectivity index (χ3n) is 0. The molecular weight excluding hydrogens is 2660 g/mol. The van der Waals surface area contributed by atoms with Gasteiger partial charge in [0.25, 0.3) is 0 Å². The predicted octanol–water partition coefficient (Wildman–Crippen LogP) is -30.6. The van der Waals surface area contributed by atoms with Crippen molar-refractivity contribution in [3.63, 3.8) is 0 Å². The first-order chi connectivity index (χ1) is 0. The van der Waals surface area contributed by atoms with Gasteiger partial charge in [0.15, 0.2) is 0 Å². The first kappa shape index (κ1) is 4210. The Morgan fingerprint density at radius 3 is 0.0160 bits per heavy atom. The SMILES string of the molecule is [Al+3].[Al+3].[Al+3].[Al+3].[Al+3].[Al+3].[Al+3].[Al+3].[Al+3].[Al+3].[Al+3].[Al+3].[Al+3].[Al+3].[Al+3].[Al+3].[Al+3].[Al+3].[Al+3].[Al+3].[Al+3].[Al+3].[Al+3].[Al+3].[Al+3].[Al+3].[Al+3].[Al+3].[Al+3].[Al+3].[Al+3].[Al+3].[Al+3].[Al+3].[Al+3].[Al+3].[Al+3].[Al+3].[Al+3].[Al+3].[Al+3].[Al+3].[Al+3].[Al+3].[Al+3].[Al+3].[Al+3].[Al+3].[Al+3].[Al+3].[Al+3].[Al+3].[Al+3].[Al+3].[Al+3].[Al+3].[Al+3].[Al+3].[Al+3].[Al+3].[O-2].[O-2].[O-2].[O-2].[O-2].[O-2].[O-2].[O-2].[O-2].[O-2].[O-2].[O-2].[O-2].[O-2].[O-2].[O-2].[O-2].[O-2].[O-2].[O-2].[O-2].[O-2].[O-2].[O-2].[O-2].[O-2].[O-2].[O-2].[O-2].[O-2].[O-2].[O-2].[O-2].[O-2].[O-2].[O-2].[O-2].[O-2].[O-2].[O-2].[O-2].[O-2].[O-2].[O-2].[O-2].[O-2].[O-2].[O-2].[O-2].[O-2].[O-2].[O-2].[O-2].[O-2].[O-2].[O-2].[O-2].[O-2].[O-2].[O-2].[O-2].[O-2].[O-2].[O-2].[O-2]. The van der Waals surface area contributed by atoms with E-state index in [1.54, 1.807) is 0 Å². The van der Waals surface area contributed by atoms with E-state index in [0.29, 0.717) is 0 Å². The van der Waals surface area contributed by atoms with Gasteiger partial charge >= 0.3 is 1040 Å². The summed E-state index contributed by atoms with van der Waals surface area (Å²) in [4.78, 5) is 0. The first-order valence-corrected chi connectivity index (χ1v) is 0. The molecule has 65 nitrogen and oxygen atoms in total. The van der Waals surface area contributed by atoms with Gasteiger partial charge in [-0.3, -0.25) is 0 Å². The minimum Gasteiger partial charge on any atom is -2.00 e. The smallest absolute Gasteiger partial charge is 2.00 e. The van der Waals surface area contributed by atoms with Gasteiger partial charge in [-0.25, -0.2) is 0 Å². The van der Waals surface area contributed by atoms with E-state index in [9.17, 15) is 0 Å². The molecule has 0 radical (unpaired) electrons. The van der Waals surface area contributed by atoms with Gasteiger partial charge in [-0.2, -0.15) is 0 Å². The zero-order valence-electron chi connectivity index (χ0n) is 61.2. The summed E-state index contributed by atoms with van der Waals surface area (Å²) >= 11 is 0. The van der Waals surface area contributed by atoms with Gasteiger partial charge in [-0.1, -0.05) is 0 Å². The molecule has 0 saturated heterocycles. The molecule has 0 aliphatic carbocycles. The molecule has 0 aromatic heterocycles. The van der Waals surface area contributed by atoms with E-state index in [1.165, 1.54) is 0 Å². The minimum absolute atomic E-state index is 0. The van der Waals surface area contributed by atoms with E-state index >= 15 is 0 Å². The van der Waals surface area contributed by atoms with E-state index in [-0.39, 0.29) is 1400 Å². The fourth-order valence-electron chi connectivity index (χ4n) is 0. The fraction of sp³-hybridized carbons (Fsp3) is 0. The molecule has 0 bridgehead atoms. The van der Waals surface area contributed by atoms with Gasteiger partial charge in [-0.15, -0.1) is 0 Å². The molecule has 0 saturated carbocycles. The number of rotatable bonds is 0. The average Bonchev–Trinajstić information content (AvgIpc) is 0. The van der Waals surface area contributed by atoms with Crippen LogP contribution >= 0.6 is 0 Å². The van der Waals surface area contributed by atoms with Crippen molar-refractivity contribution in [2.75, 3.05) is 0 Å². The number of hydrogen-bond acceptors (Lipinski definition) is 0. The Morgan fingerprint density at radius 1 is 0.0160 bits per heavy atom. The Bertz CT molecular complexity index is 125. The molecule has 0 spiro atoms.